The van der Waals surface area contributed by atoms with E-state index in [1.165, 1.54) is 92.4 Å². The molecule has 22 aliphatic heterocycles. The Bertz CT molecular complexity index is 2420. The molecular formula is C64H101O29P. The first kappa shape index (κ1) is 75.9. The van der Waals surface area contributed by atoms with Crippen LogP contribution >= 0.6 is 7.92 Å². The number of hydrogen-bond donors (Lipinski definition) is 1. The highest BCUT2D eigenvalue weighted by atomic mass is 31.1. The zero-order chi connectivity index (χ0) is 67.2. The maximum atomic E-state index is 11.5. The van der Waals surface area contributed by atoms with Crippen molar-refractivity contribution < 1.29 is 138 Å². The lowest BCUT2D eigenvalue weighted by molar-refractivity contribution is -0.408. The van der Waals surface area contributed by atoms with E-state index in [-0.39, 0.29) is 26.4 Å². The Hall–Kier alpha value is -2.29. The standard InChI is InChI=1S/C64H101O29P/c1-66-28-36-42-48(71-6)54(77-12)60(83-36)88-41-35(27-65)82-59(53(76-11)47(41)70-5)93-46-40(32-94(33-23-19-17-20-24-33)34-25-21-18-22-26-34)87-64(58(81-16)52(46)75-10)92-45-39(31-69-4)86-63(57(80-15)51(45)74-9)91-44-38(30-68-3)85-62(56(79-14)50(44)73-8)90-43-37(29-67-2)84-61(89-42)55(78-13)49(43)72-7/h17-26,35-65H,27-32H2,1-16H3/t35-,36-,37-,38-,39-,40-,41-,42-,43-,44-,45-,46-,47+,48+,49+,50+,51+,52+,53-,54-,55-,56-,57-,58-,59-,60-,61-,62-,63-,64-/m1/s1. The second kappa shape index (κ2) is 36.9. The zero-order valence-electron chi connectivity index (χ0n) is 56.7. The number of ether oxygens (including phenoxy) is 28. The smallest absolute Gasteiger partial charge is 0.187 e. The van der Waals surface area contributed by atoms with Crippen molar-refractivity contribution in [1.29, 1.82) is 0 Å². The third-order valence-electron chi connectivity index (χ3n) is 18.6. The van der Waals surface area contributed by atoms with Gasteiger partial charge in [0.2, 0.25) is 0 Å². The highest BCUT2D eigenvalue weighted by molar-refractivity contribution is 7.73. The summed E-state index contributed by atoms with van der Waals surface area (Å²) < 4.78 is 184. The van der Waals surface area contributed by atoms with Gasteiger partial charge in [-0.25, -0.2) is 0 Å². The van der Waals surface area contributed by atoms with E-state index in [1.54, 1.807) is 21.3 Å². The van der Waals surface area contributed by atoms with E-state index in [9.17, 15) is 5.11 Å². The van der Waals surface area contributed by atoms with E-state index in [2.05, 4.69) is 24.3 Å². The molecule has 0 aromatic heterocycles. The molecule has 1 N–H and O–H groups in total. The van der Waals surface area contributed by atoms with Crippen LogP contribution < -0.4 is 10.6 Å². The summed E-state index contributed by atoms with van der Waals surface area (Å²) in [5.74, 6) is 0. The predicted molar refractivity (Wildman–Crippen MR) is 329 cm³/mol. The van der Waals surface area contributed by atoms with Gasteiger partial charge in [-0.05, 0) is 18.5 Å². The van der Waals surface area contributed by atoms with Gasteiger partial charge in [-0.15, -0.1) is 0 Å². The van der Waals surface area contributed by atoms with Crippen molar-refractivity contribution in [3.8, 4) is 0 Å². The summed E-state index contributed by atoms with van der Waals surface area (Å²) in [4.78, 5) is 0. The fourth-order valence-electron chi connectivity index (χ4n) is 14.2. The summed E-state index contributed by atoms with van der Waals surface area (Å²) >= 11 is 0. The number of rotatable bonds is 25. The van der Waals surface area contributed by atoms with Crippen LogP contribution in [0.25, 0.3) is 0 Å². The van der Waals surface area contributed by atoms with E-state index < -0.39 is 199 Å². The summed E-state index contributed by atoms with van der Waals surface area (Å²) in [6, 6.07) is 20.4. The van der Waals surface area contributed by atoms with E-state index in [1.807, 2.05) is 36.4 Å². The topological polar surface area (TPSA) is 279 Å². The Morgan fingerprint density at radius 1 is 0.266 bits per heavy atom. The SMILES string of the molecule is COC[C@H]1O[C@@H]2O[C@H]3[C@H](OC)[C@@H](OC)[C@@H](O[C@H]4[C@H](OC)[C@@H](OC)[C@@H](O[C@H]5[C@H](OC)[C@@H](OC)[C@@H](O[C@H]6[C@H](OC)[C@@H](OC)[C@@H](O[C@H]7[C@H](OC)[C@@H](OC)[C@@H](O[C@H]1[C@H](OC)[C@H]2OC)O[C@@H]7COC)O[C@@H]6COC)O[C@@H]5COC)O[C@@H]4CP(c1ccccc1)c1ccccc1)O[C@@H]3CO. The van der Waals surface area contributed by atoms with Crippen LogP contribution in [-0.2, 0) is 133 Å². The number of hydrogen-bond acceptors (Lipinski definition) is 29. The molecule has 0 unspecified atom stereocenters. The number of aliphatic hydroxyl groups is 1. The summed E-state index contributed by atoms with van der Waals surface area (Å²) in [5, 5.41) is 13.6. The Balaban J connectivity index is 1.17. The molecule has 29 nitrogen and oxygen atoms in total. The van der Waals surface area contributed by atoms with Gasteiger partial charge in [0.15, 0.2) is 37.7 Å². The van der Waals surface area contributed by atoms with Gasteiger partial charge < -0.3 is 138 Å². The fourth-order valence-corrected chi connectivity index (χ4v) is 16.6. The highest BCUT2D eigenvalue weighted by Crippen LogP contribution is 2.45. The van der Waals surface area contributed by atoms with E-state index in [4.69, 9.17) is 133 Å². The molecule has 12 bridgehead atoms. The molecule has 2 aromatic carbocycles. The summed E-state index contributed by atoms with van der Waals surface area (Å²) in [6.07, 6.45) is -30.6. The third-order valence-corrected chi connectivity index (χ3v) is 21.1. The van der Waals surface area contributed by atoms with Gasteiger partial charge in [0.1, 0.15) is 140 Å². The molecule has 0 saturated carbocycles. The maximum absolute atomic E-state index is 11.5. The zero-order valence-corrected chi connectivity index (χ0v) is 57.6. The first-order chi connectivity index (χ1) is 45.9. The van der Waals surface area contributed by atoms with Crippen molar-refractivity contribution in [3.05, 3.63) is 60.7 Å². The van der Waals surface area contributed by atoms with Crippen LogP contribution in [0, 0.1) is 0 Å². The third kappa shape index (κ3) is 16.4. The first-order valence-corrected chi connectivity index (χ1v) is 33.0. The van der Waals surface area contributed by atoms with E-state index in [0.717, 1.165) is 10.6 Å². The normalized spacial score (nSPS) is 42.4. The molecule has 24 rings (SSSR count). The van der Waals surface area contributed by atoms with Crippen LogP contribution in [0.3, 0.4) is 0 Å². The molecule has 2 aromatic rings. The molecule has 0 radical (unpaired) electrons. The largest absolute Gasteiger partial charge is 0.394 e. The minimum absolute atomic E-state index is 0.0183. The van der Waals surface area contributed by atoms with E-state index in [0.29, 0.717) is 6.16 Å². The van der Waals surface area contributed by atoms with Crippen molar-refractivity contribution in [3.63, 3.8) is 0 Å². The van der Waals surface area contributed by atoms with Crippen LogP contribution in [0.1, 0.15) is 0 Å². The van der Waals surface area contributed by atoms with Gasteiger partial charge in [0.25, 0.3) is 0 Å². The fraction of sp³-hybridized carbons (Fsp3) is 0.812. The second-order valence-electron chi connectivity index (χ2n) is 23.6. The minimum Gasteiger partial charge on any atom is -0.394 e. The van der Waals surface area contributed by atoms with Crippen LogP contribution in [-0.4, -0.2) is 342 Å². The van der Waals surface area contributed by atoms with Crippen molar-refractivity contribution in [2.24, 2.45) is 0 Å². The van der Waals surface area contributed by atoms with E-state index >= 15 is 0 Å². The number of benzene rings is 2. The van der Waals surface area contributed by atoms with Crippen LogP contribution in [0.2, 0.25) is 0 Å². The molecule has 0 aliphatic carbocycles. The van der Waals surface area contributed by atoms with Gasteiger partial charge in [-0.2, -0.15) is 0 Å². The molecule has 22 saturated heterocycles. The molecule has 22 heterocycles. The monoisotopic (exact) mass is 1360 g/mol. The lowest BCUT2D eigenvalue weighted by Crippen LogP contribution is -2.70. The summed E-state index contributed by atoms with van der Waals surface area (Å²) in [5.41, 5.74) is 0. The highest BCUT2D eigenvalue weighted by Gasteiger charge is 2.61. The molecule has 30 atom stereocenters. The maximum Gasteiger partial charge on any atom is 0.187 e. The molecular weight excluding hydrogens is 1260 g/mol. The molecule has 22 fully saturated rings. The average Bonchev–Trinajstić information content (AvgIpc) is 0.770. The van der Waals surface area contributed by atoms with Crippen LogP contribution in [0.15, 0.2) is 60.7 Å². The van der Waals surface area contributed by atoms with Gasteiger partial charge in [-0.1, -0.05) is 60.7 Å². The molecule has 536 valence electrons. The lowest BCUT2D eigenvalue weighted by Gasteiger charge is -2.53. The van der Waals surface area contributed by atoms with Gasteiger partial charge >= 0.3 is 0 Å². The van der Waals surface area contributed by atoms with Gasteiger partial charge in [-0.3, -0.25) is 0 Å². The minimum atomic E-state index is -1.28. The predicted octanol–water partition coefficient (Wildman–Crippen LogP) is 0.551. The van der Waals surface area contributed by atoms with Crippen molar-refractivity contribution in [2.75, 3.05) is 153 Å². The van der Waals surface area contributed by atoms with Crippen molar-refractivity contribution in [1.82, 2.24) is 0 Å². The van der Waals surface area contributed by atoms with Crippen molar-refractivity contribution in [2.45, 2.75) is 184 Å². The summed E-state index contributed by atoms with van der Waals surface area (Å²) in [6.45, 7) is -0.684. The second-order valence-corrected chi connectivity index (χ2v) is 25.8. The van der Waals surface area contributed by atoms with Crippen LogP contribution in [0.4, 0.5) is 0 Å². The Labute approximate surface area is 552 Å². The van der Waals surface area contributed by atoms with Crippen molar-refractivity contribution >= 4 is 18.5 Å². The number of aliphatic hydroxyl groups excluding tert-OH is 1. The van der Waals surface area contributed by atoms with Gasteiger partial charge in [0.05, 0.1) is 39.1 Å². The average molecular weight is 1370 g/mol. The Kier molecular flexibility index (Phi) is 29.8. The Morgan fingerprint density at radius 3 is 0.681 bits per heavy atom. The molecule has 94 heavy (non-hydrogen) atoms. The number of methoxy groups -OCH3 is 16. The lowest BCUT2D eigenvalue weighted by atomic mass is 9.94. The molecule has 0 spiro atoms. The molecule has 30 heteroatoms. The quantitative estimate of drug-likeness (QED) is 0.133. The van der Waals surface area contributed by atoms with Crippen LogP contribution in [0.5, 0.6) is 0 Å². The first-order valence-electron chi connectivity index (χ1n) is 31.5. The summed E-state index contributed by atoms with van der Waals surface area (Å²) in [7, 11) is 23.1. The molecule has 0 amide bonds. The Morgan fingerprint density at radius 2 is 0.468 bits per heavy atom. The van der Waals surface area contributed by atoms with Gasteiger partial charge in [0, 0.05) is 120 Å². The molecule has 22 aliphatic rings.